The average Bonchev–Trinajstić information content (AvgIpc) is 2.96. The highest BCUT2D eigenvalue weighted by atomic mass is 16.2. The Bertz CT molecular complexity index is 469. The molecule has 0 aromatic carbocycles. The van der Waals surface area contributed by atoms with Crippen LogP contribution in [0, 0.1) is 5.41 Å². The highest BCUT2D eigenvalue weighted by Gasteiger charge is 2.38. The van der Waals surface area contributed by atoms with Gasteiger partial charge in [-0.2, -0.15) is 0 Å². The number of pyridine rings is 1. The van der Waals surface area contributed by atoms with Crippen LogP contribution >= 0.6 is 0 Å². The number of hydrogen-bond donors (Lipinski definition) is 2. The second-order valence-electron chi connectivity index (χ2n) is 6.08. The maximum atomic E-state index is 12.4. The Hall–Kier alpha value is -1.62. The van der Waals surface area contributed by atoms with Gasteiger partial charge in [-0.15, -0.1) is 0 Å². The molecule has 1 aromatic rings. The minimum atomic E-state index is 0.0916. The molecular weight excluding hydrogens is 252 g/mol. The number of hydrazine groups is 1. The first-order chi connectivity index (χ1) is 9.72. The van der Waals surface area contributed by atoms with E-state index in [2.05, 4.69) is 10.4 Å². The van der Waals surface area contributed by atoms with Crippen LogP contribution < -0.4 is 11.3 Å². The van der Waals surface area contributed by atoms with Crippen molar-refractivity contribution in [2.75, 3.05) is 18.5 Å². The lowest BCUT2D eigenvalue weighted by atomic mass is 9.77. The molecule has 2 fully saturated rings. The van der Waals surface area contributed by atoms with Crippen molar-refractivity contribution in [3.63, 3.8) is 0 Å². The standard InChI is InChI=1S/C15H22N4O/c16-18-13-4-3-12(11-17-13)14(20)19-9-7-15(8-10-19)5-1-2-6-15/h3-4,11H,1-2,5-10,16H2,(H,17,18). The van der Waals surface area contributed by atoms with E-state index in [-0.39, 0.29) is 5.91 Å². The summed E-state index contributed by atoms with van der Waals surface area (Å²) in [7, 11) is 0. The molecule has 1 saturated heterocycles. The SMILES string of the molecule is NNc1ccc(C(=O)N2CCC3(CCCC3)CC2)cn1. The summed E-state index contributed by atoms with van der Waals surface area (Å²) in [5.41, 5.74) is 3.66. The van der Waals surface area contributed by atoms with Crippen molar-refractivity contribution in [1.82, 2.24) is 9.88 Å². The van der Waals surface area contributed by atoms with E-state index in [4.69, 9.17) is 5.84 Å². The van der Waals surface area contributed by atoms with Crippen LogP contribution in [0.15, 0.2) is 18.3 Å². The number of likely N-dealkylation sites (tertiary alicyclic amines) is 1. The highest BCUT2D eigenvalue weighted by Crippen LogP contribution is 2.46. The average molecular weight is 274 g/mol. The van der Waals surface area contributed by atoms with Gasteiger partial charge in [0, 0.05) is 19.3 Å². The second-order valence-corrected chi connectivity index (χ2v) is 6.08. The van der Waals surface area contributed by atoms with Gasteiger partial charge in [-0.3, -0.25) is 4.79 Å². The molecule has 5 heteroatoms. The summed E-state index contributed by atoms with van der Waals surface area (Å²) in [5, 5.41) is 0. The van der Waals surface area contributed by atoms with Gasteiger partial charge in [0.25, 0.3) is 5.91 Å². The van der Waals surface area contributed by atoms with Gasteiger partial charge >= 0.3 is 0 Å². The van der Waals surface area contributed by atoms with Gasteiger partial charge in [-0.05, 0) is 43.2 Å². The quantitative estimate of drug-likeness (QED) is 0.640. The fourth-order valence-corrected chi connectivity index (χ4v) is 3.60. The van der Waals surface area contributed by atoms with Crippen molar-refractivity contribution in [1.29, 1.82) is 0 Å². The minimum Gasteiger partial charge on any atom is -0.339 e. The zero-order chi connectivity index (χ0) is 14.0. The van der Waals surface area contributed by atoms with Gasteiger partial charge < -0.3 is 10.3 Å². The molecule has 20 heavy (non-hydrogen) atoms. The number of nitrogens with zero attached hydrogens (tertiary/aromatic N) is 2. The summed E-state index contributed by atoms with van der Waals surface area (Å²) >= 11 is 0. The van der Waals surface area contributed by atoms with Crippen LogP contribution in [0.5, 0.6) is 0 Å². The molecule has 0 bridgehead atoms. The molecule has 1 spiro atoms. The van der Waals surface area contributed by atoms with Crippen molar-refractivity contribution >= 4 is 11.7 Å². The van der Waals surface area contributed by atoms with Crippen LogP contribution in [0.25, 0.3) is 0 Å². The van der Waals surface area contributed by atoms with Crippen molar-refractivity contribution in [3.05, 3.63) is 23.9 Å². The molecule has 2 aliphatic rings. The third-order valence-electron chi connectivity index (χ3n) is 4.93. The first kappa shape index (κ1) is 13.4. The lowest BCUT2D eigenvalue weighted by Gasteiger charge is -2.39. The summed E-state index contributed by atoms with van der Waals surface area (Å²) < 4.78 is 0. The molecule has 0 radical (unpaired) electrons. The number of carbonyl (C=O) groups excluding carboxylic acids is 1. The van der Waals surface area contributed by atoms with Crippen LogP contribution in [0.3, 0.4) is 0 Å². The Labute approximate surface area is 119 Å². The first-order valence-electron chi connectivity index (χ1n) is 7.44. The van der Waals surface area contributed by atoms with Gasteiger partial charge in [0.15, 0.2) is 0 Å². The number of nitrogen functional groups attached to an aromatic ring is 1. The van der Waals surface area contributed by atoms with E-state index in [0.717, 1.165) is 25.9 Å². The third kappa shape index (κ3) is 2.50. The molecule has 0 atom stereocenters. The second kappa shape index (κ2) is 5.40. The van der Waals surface area contributed by atoms with E-state index in [1.807, 2.05) is 4.90 Å². The van der Waals surface area contributed by atoms with E-state index >= 15 is 0 Å². The molecule has 1 aromatic heterocycles. The minimum absolute atomic E-state index is 0.0916. The Morgan fingerprint density at radius 3 is 2.45 bits per heavy atom. The maximum Gasteiger partial charge on any atom is 0.255 e. The Morgan fingerprint density at radius 2 is 1.90 bits per heavy atom. The monoisotopic (exact) mass is 274 g/mol. The van der Waals surface area contributed by atoms with Crippen molar-refractivity contribution in [2.45, 2.75) is 38.5 Å². The number of nitrogens with one attached hydrogen (secondary N) is 1. The van der Waals surface area contributed by atoms with Gasteiger partial charge in [0.2, 0.25) is 0 Å². The normalized spacial score (nSPS) is 21.1. The molecule has 108 valence electrons. The number of hydrogen-bond acceptors (Lipinski definition) is 4. The number of rotatable bonds is 2. The van der Waals surface area contributed by atoms with E-state index in [0.29, 0.717) is 16.8 Å². The van der Waals surface area contributed by atoms with Gasteiger partial charge in [0.1, 0.15) is 5.82 Å². The van der Waals surface area contributed by atoms with Crippen LogP contribution in [-0.2, 0) is 0 Å². The van der Waals surface area contributed by atoms with E-state index in [1.54, 1.807) is 18.3 Å². The van der Waals surface area contributed by atoms with Crippen LogP contribution in [0.4, 0.5) is 5.82 Å². The fourth-order valence-electron chi connectivity index (χ4n) is 3.60. The molecule has 0 unspecified atom stereocenters. The molecule has 1 aliphatic carbocycles. The molecule has 1 aliphatic heterocycles. The molecule has 3 rings (SSSR count). The Balaban J connectivity index is 1.63. The smallest absolute Gasteiger partial charge is 0.255 e. The molecule has 1 saturated carbocycles. The van der Waals surface area contributed by atoms with Gasteiger partial charge in [0.05, 0.1) is 5.56 Å². The van der Waals surface area contributed by atoms with Crippen molar-refractivity contribution in [3.8, 4) is 0 Å². The van der Waals surface area contributed by atoms with Gasteiger partial charge in [-0.1, -0.05) is 12.8 Å². The number of aromatic nitrogens is 1. The maximum absolute atomic E-state index is 12.4. The fraction of sp³-hybridized carbons (Fsp3) is 0.600. The molecular formula is C15H22N4O. The predicted molar refractivity (Wildman–Crippen MR) is 78.1 cm³/mol. The summed E-state index contributed by atoms with van der Waals surface area (Å²) in [4.78, 5) is 18.5. The molecule has 1 amide bonds. The number of piperidine rings is 1. The zero-order valence-electron chi connectivity index (χ0n) is 11.8. The predicted octanol–water partition coefficient (Wildman–Crippen LogP) is 2.16. The van der Waals surface area contributed by atoms with Crippen LogP contribution in [0.2, 0.25) is 0 Å². The van der Waals surface area contributed by atoms with E-state index in [9.17, 15) is 4.79 Å². The molecule has 5 nitrogen and oxygen atoms in total. The number of nitrogens with two attached hydrogens (primary N) is 1. The zero-order valence-corrected chi connectivity index (χ0v) is 11.8. The highest BCUT2D eigenvalue weighted by molar-refractivity contribution is 5.94. The summed E-state index contributed by atoms with van der Waals surface area (Å²) in [6.07, 6.45) is 9.36. The van der Waals surface area contributed by atoms with Crippen molar-refractivity contribution < 1.29 is 4.79 Å². The molecule has 3 N–H and O–H groups in total. The summed E-state index contributed by atoms with van der Waals surface area (Å²) in [6, 6.07) is 3.51. The lowest BCUT2D eigenvalue weighted by molar-refractivity contribution is 0.0587. The summed E-state index contributed by atoms with van der Waals surface area (Å²) in [6.45, 7) is 1.77. The number of carbonyl (C=O) groups is 1. The first-order valence-corrected chi connectivity index (χ1v) is 7.44. The largest absolute Gasteiger partial charge is 0.339 e. The van der Waals surface area contributed by atoms with Crippen LogP contribution in [0.1, 0.15) is 48.9 Å². The van der Waals surface area contributed by atoms with Crippen molar-refractivity contribution in [2.24, 2.45) is 11.3 Å². The number of anilines is 1. The lowest BCUT2D eigenvalue weighted by Crippen LogP contribution is -2.42. The Morgan fingerprint density at radius 1 is 1.20 bits per heavy atom. The summed E-state index contributed by atoms with van der Waals surface area (Å²) in [5.74, 6) is 5.94. The third-order valence-corrected chi connectivity index (χ3v) is 4.93. The van der Waals surface area contributed by atoms with E-state index < -0.39 is 0 Å². The topological polar surface area (TPSA) is 71.2 Å². The molecule has 2 heterocycles. The van der Waals surface area contributed by atoms with Gasteiger partial charge in [-0.25, -0.2) is 10.8 Å². The van der Waals surface area contributed by atoms with Crippen LogP contribution in [-0.4, -0.2) is 28.9 Å². The number of amides is 1. The van der Waals surface area contributed by atoms with E-state index in [1.165, 1.54) is 25.7 Å². The Kier molecular flexibility index (Phi) is 3.61.